The molecule has 112 valence electrons. The monoisotopic (exact) mass is 303 g/mol. The molecule has 2 saturated carbocycles. The van der Waals surface area contributed by atoms with Crippen LogP contribution in [0.4, 0.5) is 5.95 Å². The van der Waals surface area contributed by atoms with Crippen LogP contribution in [0.1, 0.15) is 46.1 Å². The quantitative estimate of drug-likeness (QED) is 0.832. The van der Waals surface area contributed by atoms with Gasteiger partial charge >= 0.3 is 0 Å². The number of imidazole rings is 1. The zero-order valence-electron chi connectivity index (χ0n) is 12.9. The number of benzene rings is 1. The molecule has 3 nitrogen and oxygen atoms in total. The molecule has 4 heteroatoms. The third kappa shape index (κ3) is 1.58. The average Bonchev–Trinajstić information content (AvgIpc) is 2.99. The van der Waals surface area contributed by atoms with Gasteiger partial charge in [0.2, 0.25) is 5.95 Å². The van der Waals surface area contributed by atoms with Crippen LogP contribution in [0.5, 0.6) is 0 Å². The molecule has 3 atom stereocenters. The van der Waals surface area contributed by atoms with Crippen molar-refractivity contribution >= 4 is 28.6 Å². The van der Waals surface area contributed by atoms with Gasteiger partial charge < -0.3 is 10.3 Å². The topological polar surface area (TPSA) is 43.8 Å². The Bertz CT molecular complexity index is 728. The predicted molar refractivity (Wildman–Crippen MR) is 87.4 cm³/mol. The summed E-state index contributed by atoms with van der Waals surface area (Å²) in [5.74, 6) is 1.38. The molecule has 3 unspecified atom stereocenters. The summed E-state index contributed by atoms with van der Waals surface area (Å²) < 4.78 is 2.26. The first-order valence-corrected chi connectivity index (χ1v) is 8.14. The van der Waals surface area contributed by atoms with Crippen molar-refractivity contribution in [1.29, 1.82) is 0 Å². The Morgan fingerprint density at radius 3 is 2.76 bits per heavy atom. The molecule has 2 bridgehead atoms. The van der Waals surface area contributed by atoms with Crippen LogP contribution in [0.25, 0.3) is 11.0 Å². The number of para-hydroxylation sites is 1. The highest BCUT2D eigenvalue weighted by atomic mass is 35.5. The molecule has 0 radical (unpaired) electrons. The Labute approximate surface area is 130 Å². The minimum atomic E-state index is 0.247. The summed E-state index contributed by atoms with van der Waals surface area (Å²) in [6.45, 7) is 7.20. The summed E-state index contributed by atoms with van der Waals surface area (Å²) in [4.78, 5) is 4.55. The van der Waals surface area contributed by atoms with E-state index in [0.717, 1.165) is 17.0 Å². The second kappa shape index (κ2) is 3.95. The lowest BCUT2D eigenvalue weighted by Gasteiger charge is -2.44. The third-order valence-electron chi connectivity index (χ3n) is 6.15. The van der Waals surface area contributed by atoms with Crippen molar-refractivity contribution < 1.29 is 0 Å². The molecular formula is C17H22ClN3. The molecule has 1 heterocycles. The van der Waals surface area contributed by atoms with Crippen molar-refractivity contribution in [3.63, 3.8) is 0 Å². The highest BCUT2D eigenvalue weighted by molar-refractivity contribution is 6.35. The van der Waals surface area contributed by atoms with Crippen LogP contribution in [0.3, 0.4) is 0 Å². The summed E-state index contributed by atoms with van der Waals surface area (Å²) in [7, 11) is 0. The molecule has 1 aromatic heterocycles. The molecule has 2 aliphatic rings. The summed E-state index contributed by atoms with van der Waals surface area (Å²) in [6.07, 6.45) is 3.92. The van der Waals surface area contributed by atoms with Crippen molar-refractivity contribution in [3.8, 4) is 0 Å². The minimum absolute atomic E-state index is 0.247. The molecule has 2 aromatic rings. The first kappa shape index (κ1) is 13.4. The van der Waals surface area contributed by atoms with Crippen LogP contribution in [0.15, 0.2) is 18.2 Å². The van der Waals surface area contributed by atoms with Gasteiger partial charge in [-0.1, -0.05) is 38.4 Å². The van der Waals surface area contributed by atoms with Gasteiger partial charge in [0.25, 0.3) is 0 Å². The lowest BCUT2D eigenvalue weighted by molar-refractivity contribution is 0.0882. The predicted octanol–water partition coefficient (Wildman–Crippen LogP) is 4.66. The van der Waals surface area contributed by atoms with Crippen LogP contribution < -0.4 is 5.73 Å². The van der Waals surface area contributed by atoms with Gasteiger partial charge in [0.1, 0.15) is 5.52 Å². The average molecular weight is 304 g/mol. The summed E-state index contributed by atoms with van der Waals surface area (Å²) >= 11 is 6.30. The maximum Gasteiger partial charge on any atom is 0.201 e. The van der Waals surface area contributed by atoms with E-state index in [4.69, 9.17) is 17.3 Å². The van der Waals surface area contributed by atoms with Crippen LogP contribution in [0, 0.1) is 16.7 Å². The number of anilines is 1. The first-order valence-electron chi connectivity index (χ1n) is 7.76. The third-order valence-corrected chi connectivity index (χ3v) is 6.46. The standard InChI is InChI=1S/C17H22ClN3/c1-16(2)10-7-8-17(3,9-10)14(16)21-12-6-4-5-11(18)13(12)20-15(21)19/h4-6,10,14H,7-9H2,1-3H3,(H2,19,20). The molecule has 21 heavy (non-hydrogen) atoms. The van der Waals surface area contributed by atoms with Crippen LogP contribution in [-0.2, 0) is 0 Å². The van der Waals surface area contributed by atoms with Gasteiger partial charge in [-0.2, -0.15) is 0 Å². The minimum Gasteiger partial charge on any atom is -0.369 e. The number of aromatic nitrogens is 2. The lowest BCUT2D eigenvalue weighted by Crippen LogP contribution is -2.37. The summed E-state index contributed by atoms with van der Waals surface area (Å²) in [6, 6.07) is 6.36. The zero-order chi connectivity index (χ0) is 15.0. The van der Waals surface area contributed by atoms with Crippen molar-refractivity contribution in [2.24, 2.45) is 16.7 Å². The number of fused-ring (bicyclic) bond motifs is 3. The number of hydrogen-bond acceptors (Lipinski definition) is 2. The highest BCUT2D eigenvalue weighted by Crippen LogP contribution is 2.68. The van der Waals surface area contributed by atoms with Gasteiger partial charge in [-0.15, -0.1) is 0 Å². The smallest absolute Gasteiger partial charge is 0.201 e. The van der Waals surface area contributed by atoms with Gasteiger partial charge in [-0.05, 0) is 48.1 Å². The number of hydrogen-bond donors (Lipinski definition) is 1. The fourth-order valence-electron chi connectivity index (χ4n) is 5.29. The number of nitrogen functional groups attached to an aromatic ring is 1. The summed E-state index contributed by atoms with van der Waals surface area (Å²) in [5.41, 5.74) is 8.78. The van der Waals surface area contributed by atoms with E-state index in [2.05, 4.69) is 36.4 Å². The SMILES string of the molecule is CC12CCC(C1)C(C)(C)C2n1c(N)nc2c(Cl)cccc21. The molecule has 4 rings (SSSR count). The van der Waals surface area contributed by atoms with Gasteiger partial charge in [0, 0.05) is 6.04 Å². The largest absolute Gasteiger partial charge is 0.369 e. The number of nitrogens with zero attached hydrogens (tertiary/aromatic N) is 2. The zero-order valence-corrected chi connectivity index (χ0v) is 13.6. The van der Waals surface area contributed by atoms with E-state index >= 15 is 0 Å². The Morgan fingerprint density at radius 1 is 1.33 bits per heavy atom. The van der Waals surface area contributed by atoms with Gasteiger partial charge in [0.15, 0.2) is 0 Å². The number of nitrogens with two attached hydrogens (primary N) is 1. The van der Waals surface area contributed by atoms with E-state index in [9.17, 15) is 0 Å². The molecule has 0 saturated heterocycles. The molecule has 2 fully saturated rings. The summed E-state index contributed by atoms with van der Waals surface area (Å²) in [5, 5.41) is 0.684. The Kier molecular flexibility index (Phi) is 2.53. The molecule has 0 aliphatic heterocycles. The van der Waals surface area contributed by atoms with E-state index in [0.29, 0.717) is 22.4 Å². The molecule has 0 amide bonds. The maximum atomic E-state index is 6.31. The molecular weight excluding hydrogens is 282 g/mol. The van der Waals surface area contributed by atoms with Crippen LogP contribution in [-0.4, -0.2) is 9.55 Å². The number of rotatable bonds is 1. The van der Waals surface area contributed by atoms with Crippen molar-refractivity contribution in [2.75, 3.05) is 5.73 Å². The normalized spacial score (nSPS) is 33.9. The van der Waals surface area contributed by atoms with E-state index in [1.54, 1.807) is 0 Å². The van der Waals surface area contributed by atoms with E-state index in [-0.39, 0.29) is 5.41 Å². The second-order valence-electron chi connectivity index (χ2n) is 7.77. The first-order chi connectivity index (χ1) is 9.84. The van der Waals surface area contributed by atoms with Crippen LogP contribution >= 0.6 is 11.6 Å². The number of halogens is 1. The maximum absolute atomic E-state index is 6.31. The van der Waals surface area contributed by atoms with Crippen LogP contribution in [0.2, 0.25) is 5.02 Å². The fourth-order valence-corrected chi connectivity index (χ4v) is 5.50. The van der Waals surface area contributed by atoms with Crippen molar-refractivity contribution in [1.82, 2.24) is 9.55 Å². The van der Waals surface area contributed by atoms with E-state index in [1.165, 1.54) is 19.3 Å². The highest BCUT2D eigenvalue weighted by Gasteiger charge is 2.60. The molecule has 1 aromatic carbocycles. The Hall–Kier alpha value is -1.22. The Morgan fingerprint density at radius 2 is 2.10 bits per heavy atom. The van der Waals surface area contributed by atoms with Gasteiger partial charge in [0.05, 0.1) is 10.5 Å². The van der Waals surface area contributed by atoms with Gasteiger partial charge in [-0.25, -0.2) is 4.98 Å². The Balaban J connectivity index is 1.99. The van der Waals surface area contributed by atoms with Crippen molar-refractivity contribution in [2.45, 2.75) is 46.1 Å². The van der Waals surface area contributed by atoms with Crippen molar-refractivity contribution in [3.05, 3.63) is 23.2 Å². The van der Waals surface area contributed by atoms with E-state index < -0.39 is 0 Å². The molecule has 2 N–H and O–H groups in total. The fraction of sp³-hybridized carbons (Fsp3) is 0.588. The molecule has 0 spiro atoms. The second-order valence-corrected chi connectivity index (χ2v) is 8.17. The van der Waals surface area contributed by atoms with Gasteiger partial charge in [-0.3, -0.25) is 0 Å². The molecule has 2 aliphatic carbocycles. The van der Waals surface area contributed by atoms with E-state index in [1.807, 2.05) is 12.1 Å². The lowest BCUT2D eigenvalue weighted by atomic mass is 9.68.